The van der Waals surface area contributed by atoms with Crippen LogP contribution in [0.15, 0.2) is 94.5 Å². The Morgan fingerprint density at radius 1 is 0.232 bits per heavy atom. The molecule has 6 nitrogen and oxygen atoms in total. The van der Waals surface area contributed by atoms with E-state index in [-0.39, 0.29) is 10.9 Å². The molecule has 6 heteroatoms. The molecule has 0 bridgehead atoms. The van der Waals surface area contributed by atoms with Crippen molar-refractivity contribution in [3.63, 3.8) is 0 Å². The first kappa shape index (κ1) is 54.3. The fourth-order valence-electron chi connectivity index (χ4n) is 15.0. The number of hydrogen-bond acceptors (Lipinski definition) is 6. The SMILES string of the molecule is CCCCCCCCOc1cc(OCCCCCCCC)c2c3cccc4c(=O)c5cccc6c7c(OCCCCCCCC)cc(OCCCCCCCC)c8c9cccc%10c(=O)c%11cccc%12c1c2c1c(c%11%12)c(c%109)c(c87)c(c56)c1c43. The van der Waals surface area contributed by atoms with Crippen LogP contribution < -0.4 is 29.8 Å². The van der Waals surface area contributed by atoms with Crippen molar-refractivity contribution in [1.82, 2.24) is 0 Å². The van der Waals surface area contributed by atoms with Gasteiger partial charge >= 0.3 is 0 Å². The summed E-state index contributed by atoms with van der Waals surface area (Å²) >= 11 is 0. The Morgan fingerprint density at radius 3 is 0.671 bits per heavy atom. The van der Waals surface area contributed by atoms with E-state index < -0.39 is 0 Å². The summed E-state index contributed by atoms with van der Waals surface area (Å²) in [5.41, 5.74) is 0.0235. The minimum absolute atomic E-state index is 0.0118. The molecule has 13 aromatic rings. The number of benzene rings is 11. The molecule has 0 atom stereocenters. The number of rotatable bonds is 32. The maximum atomic E-state index is 16.1. The summed E-state index contributed by atoms with van der Waals surface area (Å²) in [7, 11) is 0. The van der Waals surface area contributed by atoms with Crippen molar-refractivity contribution in [2.24, 2.45) is 0 Å². The van der Waals surface area contributed by atoms with Gasteiger partial charge in [0.25, 0.3) is 0 Å². The topological polar surface area (TPSA) is 71.1 Å². The molecule has 422 valence electrons. The monoisotopic (exact) mass is 1090 g/mol. The summed E-state index contributed by atoms with van der Waals surface area (Å²) in [6, 6.07) is 29.8. The number of hydrogen-bond donors (Lipinski definition) is 0. The van der Waals surface area contributed by atoms with E-state index in [2.05, 4.69) is 113 Å². The van der Waals surface area contributed by atoms with E-state index >= 15 is 9.59 Å². The molecule has 0 saturated heterocycles. The van der Waals surface area contributed by atoms with Gasteiger partial charge in [0.05, 0.1) is 26.4 Å². The Balaban J connectivity index is 1.19. The Labute approximate surface area is 482 Å². The molecule has 0 spiro atoms. The Bertz CT molecular complexity index is 3910. The molecule has 0 fully saturated rings. The summed E-state index contributed by atoms with van der Waals surface area (Å²) in [6.45, 7) is 11.4. The van der Waals surface area contributed by atoms with Gasteiger partial charge in [-0.15, -0.1) is 0 Å². The van der Waals surface area contributed by atoms with Crippen LogP contribution in [0.4, 0.5) is 0 Å². The summed E-state index contributed by atoms with van der Waals surface area (Å²) in [5, 5.41) is 23.0. The molecule has 0 amide bonds. The average molecular weight is 1090 g/mol. The standard InChI is InChI=1S/C76H82O6/c1-5-9-13-17-21-25-41-79-55-45-56(80-42-26-22-18-14-10-6-2)64-48-34-30-38-52-60(48)68-70-62-50(36-32-40-54(62)76(52)78)66-58(82-44-28-24-20-16-12-8-4)46-57(81-43-27-23-19-15-11-7-3)65-49-35-31-39-53-61(49)69(74(70)72(65)66)67-59-47(63(55)71(64)73(67)68)33-29-37-51(59)75(53)77/h29-40,45-46H,5-28,41-44H2,1-4H3. The van der Waals surface area contributed by atoms with Gasteiger partial charge in [0.1, 0.15) is 23.0 Å². The van der Waals surface area contributed by atoms with E-state index in [1.807, 2.05) is 0 Å². The predicted octanol–water partition coefficient (Wildman–Crippen LogP) is 21.8. The zero-order valence-electron chi connectivity index (χ0n) is 49.3. The van der Waals surface area contributed by atoms with Crippen LogP contribution in [0.3, 0.4) is 0 Å². The lowest BCUT2D eigenvalue weighted by Crippen LogP contribution is -2.04. The number of unbranched alkanes of at least 4 members (excludes halogenated alkanes) is 20. The average Bonchev–Trinajstić information content (AvgIpc) is 1.23. The first-order chi connectivity index (χ1) is 40.5. The highest BCUT2D eigenvalue weighted by molar-refractivity contribution is 6.59. The third-order valence-electron chi connectivity index (χ3n) is 18.8. The molecule has 0 aliphatic carbocycles. The minimum Gasteiger partial charge on any atom is -0.493 e. The van der Waals surface area contributed by atoms with Gasteiger partial charge in [-0.1, -0.05) is 229 Å². The van der Waals surface area contributed by atoms with Crippen LogP contribution in [0.5, 0.6) is 23.0 Å². The summed E-state index contributed by atoms with van der Waals surface area (Å²) in [4.78, 5) is 32.1. The fraction of sp³-hybridized carbons (Fsp3) is 0.421. The van der Waals surface area contributed by atoms with Crippen molar-refractivity contribution in [1.29, 1.82) is 0 Å². The zero-order valence-corrected chi connectivity index (χ0v) is 49.3. The van der Waals surface area contributed by atoms with Crippen LogP contribution in [-0.2, 0) is 0 Å². The summed E-state index contributed by atoms with van der Waals surface area (Å²) in [6.07, 6.45) is 27.8. The molecular formula is C76H82O6. The van der Waals surface area contributed by atoms with Crippen molar-refractivity contribution in [3.05, 3.63) is 105 Å². The van der Waals surface area contributed by atoms with E-state index in [1.54, 1.807) is 0 Å². The first-order valence-electron chi connectivity index (χ1n) is 32.3. The Morgan fingerprint density at radius 2 is 0.427 bits per heavy atom. The maximum absolute atomic E-state index is 16.1. The largest absolute Gasteiger partial charge is 0.493 e. The Kier molecular flexibility index (Phi) is 15.7. The van der Waals surface area contributed by atoms with Gasteiger partial charge < -0.3 is 18.9 Å². The Hall–Kier alpha value is -6.92. The number of ether oxygens (including phenoxy) is 4. The molecule has 0 aliphatic heterocycles. The van der Waals surface area contributed by atoms with Crippen molar-refractivity contribution < 1.29 is 18.9 Å². The molecule has 0 saturated carbocycles. The van der Waals surface area contributed by atoms with Gasteiger partial charge in [0, 0.05) is 120 Å². The maximum Gasteiger partial charge on any atom is 0.194 e. The molecule has 13 aromatic carbocycles. The number of fused-ring (bicyclic) bond motifs is 4. The van der Waals surface area contributed by atoms with E-state index in [9.17, 15) is 0 Å². The van der Waals surface area contributed by atoms with E-state index in [0.717, 1.165) is 182 Å². The summed E-state index contributed by atoms with van der Waals surface area (Å²) < 4.78 is 28.8. The molecular weight excluding hydrogens is 1010 g/mol. The van der Waals surface area contributed by atoms with Gasteiger partial charge in [-0.3, -0.25) is 9.59 Å². The van der Waals surface area contributed by atoms with Gasteiger partial charge in [0.15, 0.2) is 10.9 Å². The van der Waals surface area contributed by atoms with E-state index in [4.69, 9.17) is 18.9 Å². The molecule has 0 N–H and O–H groups in total. The third kappa shape index (κ3) is 9.03. The van der Waals surface area contributed by atoms with Crippen molar-refractivity contribution in [2.75, 3.05) is 26.4 Å². The van der Waals surface area contributed by atoms with Crippen molar-refractivity contribution in [2.45, 2.75) is 182 Å². The van der Waals surface area contributed by atoms with Crippen LogP contribution in [-0.4, -0.2) is 26.4 Å². The molecule has 0 aromatic heterocycles. The van der Waals surface area contributed by atoms with Crippen molar-refractivity contribution in [3.8, 4) is 23.0 Å². The van der Waals surface area contributed by atoms with Gasteiger partial charge in [0.2, 0.25) is 0 Å². The highest BCUT2D eigenvalue weighted by atomic mass is 16.5. The second kappa shape index (κ2) is 23.7. The summed E-state index contributed by atoms with van der Waals surface area (Å²) in [5.74, 6) is 3.15. The van der Waals surface area contributed by atoms with E-state index in [1.165, 1.54) is 103 Å². The fourth-order valence-corrected chi connectivity index (χ4v) is 15.0. The molecule has 0 unspecified atom stereocenters. The predicted molar refractivity (Wildman–Crippen MR) is 352 cm³/mol. The van der Waals surface area contributed by atoms with Crippen LogP contribution in [0, 0.1) is 0 Å². The van der Waals surface area contributed by atoms with Gasteiger partial charge in [-0.2, -0.15) is 0 Å². The smallest absolute Gasteiger partial charge is 0.194 e. The van der Waals surface area contributed by atoms with Crippen molar-refractivity contribution >= 4 is 129 Å². The van der Waals surface area contributed by atoms with Crippen LogP contribution >= 0.6 is 0 Å². The first-order valence-corrected chi connectivity index (χ1v) is 32.3. The van der Waals surface area contributed by atoms with Gasteiger partial charge in [-0.25, -0.2) is 0 Å². The third-order valence-corrected chi connectivity index (χ3v) is 18.8. The minimum atomic E-state index is 0.0118. The van der Waals surface area contributed by atoms with E-state index in [0.29, 0.717) is 48.0 Å². The quantitative estimate of drug-likeness (QED) is 0.0238. The highest BCUT2D eigenvalue weighted by Crippen LogP contribution is 2.61. The van der Waals surface area contributed by atoms with Crippen LogP contribution in [0.1, 0.15) is 182 Å². The molecule has 13 rings (SSSR count). The highest BCUT2D eigenvalue weighted by Gasteiger charge is 2.34. The van der Waals surface area contributed by atoms with Crippen LogP contribution in [0.25, 0.3) is 129 Å². The lowest BCUT2D eigenvalue weighted by Gasteiger charge is -2.27. The second-order valence-electron chi connectivity index (χ2n) is 24.3. The molecule has 0 heterocycles. The second-order valence-corrected chi connectivity index (χ2v) is 24.3. The molecule has 0 radical (unpaired) electrons. The van der Waals surface area contributed by atoms with Crippen LogP contribution in [0.2, 0.25) is 0 Å². The lowest BCUT2D eigenvalue weighted by molar-refractivity contribution is 0.294. The normalized spacial score (nSPS) is 12.6. The van der Waals surface area contributed by atoms with Gasteiger partial charge in [-0.05, 0) is 47.2 Å². The lowest BCUT2D eigenvalue weighted by atomic mass is 9.77. The zero-order chi connectivity index (χ0) is 55.8. The molecule has 0 aliphatic rings. The molecule has 82 heavy (non-hydrogen) atoms.